The van der Waals surface area contributed by atoms with Crippen molar-refractivity contribution in [1.82, 2.24) is 4.90 Å². The number of benzene rings is 1. The minimum Gasteiger partial charge on any atom is -0.495 e. The molecule has 2 rings (SSSR count). The second kappa shape index (κ2) is 6.83. The van der Waals surface area contributed by atoms with Crippen molar-refractivity contribution in [3.05, 3.63) is 45.1 Å². The lowest BCUT2D eigenvalue weighted by Crippen LogP contribution is -2.30. The third-order valence-corrected chi connectivity index (χ3v) is 4.34. The van der Waals surface area contributed by atoms with Crippen molar-refractivity contribution in [3.8, 4) is 5.75 Å². The maximum Gasteiger partial charge on any atom is 0.322 e. The number of nitrogens with zero attached hydrogens (tertiary/aromatic N) is 1. The van der Waals surface area contributed by atoms with Gasteiger partial charge in [0.05, 0.1) is 19.3 Å². The van der Waals surface area contributed by atoms with Crippen LogP contribution in [0, 0.1) is 6.92 Å². The molecule has 0 bridgehead atoms. The van der Waals surface area contributed by atoms with Crippen LogP contribution in [0.1, 0.15) is 10.4 Å². The fraction of sp³-hybridized carbons (Fsp3) is 0.267. The fourth-order valence-electron chi connectivity index (χ4n) is 1.84. The SMILES string of the molecule is COc1ccc(Cl)cc1NC(=O)N(C)Cc1sccc1C. The molecule has 0 fully saturated rings. The highest BCUT2D eigenvalue weighted by atomic mass is 35.5. The van der Waals surface area contributed by atoms with Gasteiger partial charge in [-0.05, 0) is 42.1 Å². The van der Waals surface area contributed by atoms with Crippen molar-refractivity contribution >= 4 is 34.7 Å². The molecule has 0 saturated heterocycles. The van der Waals surface area contributed by atoms with E-state index in [2.05, 4.69) is 5.32 Å². The Morgan fingerprint density at radius 1 is 1.43 bits per heavy atom. The number of rotatable bonds is 4. The minimum absolute atomic E-state index is 0.205. The zero-order chi connectivity index (χ0) is 15.4. The molecule has 2 aromatic rings. The van der Waals surface area contributed by atoms with Crippen LogP contribution >= 0.6 is 22.9 Å². The Bertz CT molecular complexity index is 642. The summed E-state index contributed by atoms with van der Waals surface area (Å²) >= 11 is 7.60. The van der Waals surface area contributed by atoms with Crippen molar-refractivity contribution in [3.63, 3.8) is 0 Å². The first-order chi connectivity index (χ1) is 10.0. The number of methoxy groups -OCH3 is 1. The molecular weight excluding hydrogens is 308 g/mol. The molecule has 112 valence electrons. The fourth-order valence-corrected chi connectivity index (χ4v) is 2.97. The number of nitrogens with one attached hydrogen (secondary N) is 1. The van der Waals surface area contributed by atoms with E-state index in [0.29, 0.717) is 23.0 Å². The number of carbonyl (C=O) groups is 1. The summed E-state index contributed by atoms with van der Waals surface area (Å²) in [6.07, 6.45) is 0. The number of hydrogen-bond acceptors (Lipinski definition) is 3. The van der Waals surface area contributed by atoms with Gasteiger partial charge in [0.2, 0.25) is 0 Å². The van der Waals surface area contributed by atoms with E-state index in [-0.39, 0.29) is 6.03 Å². The molecule has 4 nitrogen and oxygen atoms in total. The maximum atomic E-state index is 12.3. The molecule has 0 radical (unpaired) electrons. The van der Waals surface area contributed by atoms with Crippen LogP contribution in [0.15, 0.2) is 29.6 Å². The van der Waals surface area contributed by atoms with Gasteiger partial charge in [0, 0.05) is 16.9 Å². The third-order valence-electron chi connectivity index (χ3n) is 3.10. The molecule has 0 atom stereocenters. The van der Waals surface area contributed by atoms with Crippen LogP contribution in [0.25, 0.3) is 0 Å². The van der Waals surface area contributed by atoms with Crippen LogP contribution in [0.4, 0.5) is 10.5 Å². The van der Waals surface area contributed by atoms with Gasteiger partial charge in [-0.25, -0.2) is 4.79 Å². The molecule has 2 amide bonds. The molecule has 0 aliphatic rings. The lowest BCUT2D eigenvalue weighted by Gasteiger charge is -2.19. The second-order valence-corrected chi connectivity index (χ2v) is 6.09. The number of anilines is 1. The lowest BCUT2D eigenvalue weighted by molar-refractivity contribution is 0.221. The van der Waals surface area contributed by atoms with Gasteiger partial charge in [-0.3, -0.25) is 0 Å². The predicted octanol–water partition coefficient (Wildman–Crippen LogP) is 4.38. The van der Waals surface area contributed by atoms with Crippen LogP contribution in [-0.2, 0) is 6.54 Å². The van der Waals surface area contributed by atoms with Crippen LogP contribution in [0.3, 0.4) is 0 Å². The molecule has 0 aliphatic heterocycles. The number of ether oxygens (including phenoxy) is 1. The van der Waals surface area contributed by atoms with E-state index in [1.54, 1.807) is 48.6 Å². The summed E-state index contributed by atoms with van der Waals surface area (Å²) in [6.45, 7) is 2.61. The summed E-state index contributed by atoms with van der Waals surface area (Å²) in [5, 5.41) is 5.38. The molecule has 1 aromatic carbocycles. The third kappa shape index (κ3) is 3.89. The van der Waals surface area contributed by atoms with Gasteiger partial charge in [-0.2, -0.15) is 0 Å². The van der Waals surface area contributed by atoms with Crippen LogP contribution in [-0.4, -0.2) is 25.1 Å². The summed E-state index contributed by atoms with van der Waals surface area (Å²) in [5.74, 6) is 0.577. The van der Waals surface area contributed by atoms with Gasteiger partial charge in [-0.1, -0.05) is 11.6 Å². The molecule has 1 heterocycles. The highest BCUT2D eigenvalue weighted by Crippen LogP contribution is 2.28. The van der Waals surface area contributed by atoms with E-state index < -0.39 is 0 Å². The first kappa shape index (κ1) is 15.7. The van der Waals surface area contributed by atoms with Gasteiger partial charge >= 0.3 is 6.03 Å². The Hall–Kier alpha value is -1.72. The molecular formula is C15H17ClN2O2S. The second-order valence-electron chi connectivity index (χ2n) is 4.66. The Balaban J connectivity index is 2.07. The monoisotopic (exact) mass is 324 g/mol. The number of hydrogen-bond donors (Lipinski definition) is 1. The first-order valence-corrected chi connectivity index (χ1v) is 7.65. The van der Waals surface area contributed by atoms with Gasteiger partial charge in [0.1, 0.15) is 5.75 Å². The average molecular weight is 325 g/mol. The molecule has 0 unspecified atom stereocenters. The molecule has 6 heteroatoms. The van der Waals surface area contributed by atoms with Gasteiger partial charge < -0.3 is 15.0 Å². The van der Waals surface area contributed by atoms with E-state index in [1.807, 2.05) is 18.4 Å². The molecule has 1 N–H and O–H groups in total. The van der Waals surface area contributed by atoms with Crippen molar-refractivity contribution in [1.29, 1.82) is 0 Å². The zero-order valence-corrected chi connectivity index (χ0v) is 13.7. The normalized spacial score (nSPS) is 10.3. The van der Waals surface area contributed by atoms with Crippen molar-refractivity contribution in [2.75, 3.05) is 19.5 Å². The zero-order valence-electron chi connectivity index (χ0n) is 12.1. The van der Waals surface area contributed by atoms with E-state index in [4.69, 9.17) is 16.3 Å². The van der Waals surface area contributed by atoms with Crippen molar-refractivity contribution in [2.24, 2.45) is 0 Å². The van der Waals surface area contributed by atoms with Crippen LogP contribution in [0.5, 0.6) is 5.75 Å². The molecule has 1 aromatic heterocycles. The quantitative estimate of drug-likeness (QED) is 0.906. The first-order valence-electron chi connectivity index (χ1n) is 6.40. The summed E-state index contributed by atoms with van der Waals surface area (Å²) in [7, 11) is 3.31. The number of carbonyl (C=O) groups excluding carboxylic acids is 1. The molecule has 0 spiro atoms. The molecule has 0 saturated carbocycles. The number of urea groups is 1. The van der Waals surface area contributed by atoms with Gasteiger partial charge in [0.15, 0.2) is 0 Å². The van der Waals surface area contributed by atoms with Gasteiger partial charge in [-0.15, -0.1) is 11.3 Å². The number of thiophene rings is 1. The van der Waals surface area contributed by atoms with E-state index >= 15 is 0 Å². The summed E-state index contributed by atoms with van der Waals surface area (Å²) in [6, 6.07) is 6.95. The van der Waals surface area contributed by atoms with Crippen LogP contribution < -0.4 is 10.1 Å². The van der Waals surface area contributed by atoms with Crippen LogP contribution in [0.2, 0.25) is 5.02 Å². The topological polar surface area (TPSA) is 41.6 Å². The highest BCUT2D eigenvalue weighted by molar-refractivity contribution is 7.10. The summed E-state index contributed by atoms with van der Waals surface area (Å²) < 4.78 is 5.22. The lowest BCUT2D eigenvalue weighted by atomic mass is 10.3. The Kier molecular flexibility index (Phi) is 5.09. The molecule has 21 heavy (non-hydrogen) atoms. The number of amides is 2. The largest absolute Gasteiger partial charge is 0.495 e. The number of halogens is 1. The van der Waals surface area contributed by atoms with Crippen molar-refractivity contribution in [2.45, 2.75) is 13.5 Å². The summed E-state index contributed by atoms with van der Waals surface area (Å²) in [5.41, 5.74) is 1.75. The minimum atomic E-state index is -0.205. The van der Waals surface area contributed by atoms with Gasteiger partial charge in [0.25, 0.3) is 0 Å². The Labute approximate surface area is 133 Å². The summed E-state index contributed by atoms with van der Waals surface area (Å²) in [4.78, 5) is 15.0. The van der Waals surface area contributed by atoms with Crippen molar-refractivity contribution < 1.29 is 9.53 Å². The number of aryl methyl sites for hydroxylation is 1. The Morgan fingerprint density at radius 2 is 2.19 bits per heavy atom. The Morgan fingerprint density at radius 3 is 2.81 bits per heavy atom. The maximum absolute atomic E-state index is 12.3. The predicted molar refractivity (Wildman–Crippen MR) is 87.5 cm³/mol. The molecule has 0 aliphatic carbocycles. The smallest absolute Gasteiger partial charge is 0.322 e. The van der Waals surface area contributed by atoms with E-state index in [1.165, 1.54) is 10.4 Å². The highest BCUT2D eigenvalue weighted by Gasteiger charge is 2.14. The van der Waals surface area contributed by atoms with E-state index in [0.717, 1.165) is 0 Å². The standard InChI is InChI=1S/C15H17ClN2O2S/c1-10-6-7-21-14(10)9-18(2)15(19)17-12-8-11(16)4-5-13(12)20-3/h4-8H,9H2,1-3H3,(H,17,19). The average Bonchev–Trinajstić information content (AvgIpc) is 2.84. The van der Waals surface area contributed by atoms with E-state index in [9.17, 15) is 4.79 Å².